The average molecular weight is 451 g/mol. The Kier molecular flexibility index (Phi) is 5.88. The lowest BCUT2D eigenvalue weighted by Gasteiger charge is -2.41. The maximum atomic E-state index is 13.6. The molecule has 30 heavy (non-hydrogen) atoms. The molecule has 2 aromatic carbocycles. The Morgan fingerprint density at radius 2 is 1.67 bits per heavy atom. The number of amides is 2. The predicted molar refractivity (Wildman–Crippen MR) is 114 cm³/mol. The Labute approximate surface area is 180 Å². The molecule has 0 saturated carbocycles. The number of halogens is 1. The summed E-state index contributed by atoms with van der Waals surface area (Å²) in [7, 11) is -3.88. The van der Waals surface area contributed by atoms with Gasteiger partial charge in [-0.3, -0.25) is 5.21 Å². The smallest absolute Gasteiger partial charge is 0.342 e. The van der Waals surface area contributed by atoms with Crippen LogP contribution < -0.4 is 10.4 Å². The minimum atomic E-state index is -3.88. The molecule has 2 aliphatic rings. The molecule has 4 rings (SSSR count). The molecular formula is C20H23ClN4O4S. The number of fused-ring (bicyclic) bond motifs is 1. The van der Waals surface area contributed by atoms with Crippen LogP contribution in [0.3, 0.4) is 0 Å². The van der Waals surface area contributed by atoms with E-state index in [2.05, 4.69) is 4.90 Å². The van der Waals surface area contributed by atoms with Crippen LogP contribution in [0.2, 0.25) is 5.02 Å². The van der Waals surface area contributed by atoms with Crippen LogP contribution >= 0.6 is 11.6 Å². The predicted octanol–water partition coefficient (Wildman–Crippen LogP) is 2.45. The van der Waals surface area contributed by atoms with E-state index in [0.717, 1.165) is 11.3 Å². The molecule has 2 heterocycles. The Hall–Kier alpha value is -2.33. The summed E-state index contributed by atoms with van der Waals surface area (Å²) >= 11 is 5.95. The molecule has 1 saturated heterocycles. The highest BCUT2D eigenvalue weighted by molar-refractivity contribution is 7.89. The number of urea groups is 1. The molecule has 1 unspecified atom stereocenters. The first kappa shape index (κ1) is 20.9. The van der Waals surface area contributed by atoms with Crippen molar-refractivity contribution in [2.45, 2.75) is 11.8 Å². The first-order chi connectivity index (χ1) is 14.4. The third kappa shape index (κ3) is 3.85. The van der Waals surface area contributed by atoms with E-state index in [-0.39, 0.29) is 6.54 Å². The number of nitrogens with one attached hydrogen (secondary N) is 1. The van der Waals surface area contributed by atoms with Crippen molar-refractivity contribution in [2.75, 3.05) is 37.6 Å². The van der Waals surface area contributed by atoms with E-state index in [1.165, 1.54) is 9.21 Å². The number of carbonyl (C=O) groups is 1. The van der Waals surface area contributed by atoms with E-state index in [1.54, 1.807) is 17.6 Å². The highest BCUT2D eigenvalue weighted by atomic mass is 35.5. The van der Waals surface area contributed by atoms with E-state index in [4.69, 9.17) is 16.8 Å². The summed E-state index contributed by atoms with van der Waals surface area (Å²) in [5.41, 5.74) is 4.05. The van der Waals surface area contributed by atoms with Crippen molar-refractivity contribution in [2.24, 2.45) is 0 Å². The van der Waals surface area contributed by atoms with Gasteiger partial charge < -0.3 is 9.80 Å². The van der Waals surface area contributed by atoms with Gasteiger partial charge in [0.05, 0.1) is 0 Å². The topological polar surface area (TPSA) is 93.2 Å². The molecule has 10 heteroatoms. The highest BCUT2D eigenvalue weighted by Gasteiger charge is 2.43. The largest absolute Gasteiger partial charge is 0.369 e. The Morgan fingerprint density at radius 3 is 2.33 bits per heavy atom. The summed E-state index contributed by atoms with van der Waals surface area (Å²) in [5.74, 6) is 0. The number of benzene rings is 2. The molecule has 0 spiro atoms. The van der Waals surface area contributed by atoms with Gasteiger partial charge in [-0.2, -0.15) is 4.31 Å². The van der Waals surface area contributed by atoms with E-state index >= 15 is 0 Å². The fourth-order valence-corrected chi connectivity index (χ4v) is 6.27. The lowest BCUT2D eigenvalue weighted by Crippen LogP contribution is -2.54. The summed E-state index contributed by atoms with van der Waals surface area (Å²) in [6, 6.07) is 13.9. The molecule has 1 fully saturated rings. The van der Waals surface area contributed by atoms with Gasteiger partial charge in [-0.1, -0.05) is 35.9 Å². The van der Waals surface area contributed by atoms with E-state index in [0.29, 0.717) is 43.2 Å². The number of carbonyl (C=O) groups excluding carboxylic acids is 1. The Balaban J connectivity index is 1.59. The lowest BCUT2D eigenvalue weighted by atomic mass is 10.00. The molecule has 2 N–H and O–H groups in total. The third-order valence-corrected chi connectivity index (χ3v) is 8.06. The van der Waals surface area contributed by atoms with Gasteiger partial charge >= 0.3 is 6.03 Å². The molecule has 0 bridgehead atoms. The Bertz CT molecular complexity index is 1020. The minimum absolute atomic E-state index is 0.206. The van der Waals surface area contributed by atoms with Crippen LogP contribution in [0.15, 0.2) is 48.5 Å². The van der Waals surface area contributed by atoms with Crippen LogP contribution in [-0.4, -0.2) is 61.6 Å². The summed E-state index contributed by atoms with van der Waals surface area (Å²) in [5, 5.41) is 8.62. The molecule has 2 aliphatic heterocycles. The third-order valence-electron chi connectivity index (χ3n) is 5.66. The van der Waals surface area contributed by atoms with Crippen molar-refractivity contribution in [1.82, 2.24) is 14.7 Å². The van der Waals surface area contributed by atoms with Gasteiger partial charge in [0.1, 0.15) is 0 Å². The highest BCUT2D eigenvalue weighted by Crippen LogP contribution is 2.36. The zero-order valence-corrected chi connectivity index (χ0v) is 17.8. The molecule has 0 aromatic heterocycles. The minimum Gasteiger partial charge on any atom is -0.369 e. The number of hydroxylamine groups is 1. The van der Waals surface area contributed by atoms with Crippen molar-refractivity contribution in [3.63, 3.8) is 0 Å². The molecule has 2 amide bonds. The average Bonchev–Trinajstić information content (AvgIpc) is 2.78. The van der Waals surface area contributed by atoms with Crippen molar-refractivity contribution in [3.8, 4) is 0 Å². The van der Waals surface area contributed by atoms with Crippen molar-refractivity contribution in [3.05, 3.63) is 64.7 Å². The normalized spacial score (nSPS) is 20.0. The number of anilines is 1. The molecular weight excluding hydrogens is 428 g/mol. The first-order valence-corrected chi connectivity index (χ1v) is 11.6. The fourth-order valence-electron chi connectivity index (χ4n) is 4.12. The van der Waals surface area contributed by atoms with Crippen LogP contribution in [-0.2, 0) is 16.4 Å². The van der Waals surface area contributed by atoms with Crippen LogP contribution in [0, 0.1) is 0 Å². The molecule has 160 valence electrons. The SMILES string of the molecule is O=C(NO)N1CCc2ccccc2C1S(=O)(=O)N1CCN(c2ccc(Cl)cc2)CC1. The number of piperazine rings is 1. The maximum Gasteiger partial charge on any atom is 0.342 e. The molecule has 0 aliphatic carbocycles. The lowest BCUT2D eigenvalue weighted by molar-refractivity contribution is 0.121. The van der Waals surface area contributed by atoms with Gasteiger partial charge in [-0.15, -0.1) is 0 Å². The van der Waals surface area contributed by atoms with E-state index in [1.807, 2.05) is 36.4 Å². The van der Waals surface area contributed by atoms with Crippen molar-refractivity contribution >= 4 is 33.3 Å². The van der Waals surface area contributed by atoms with Crippen LogP contribution in [0.5, 0.6) is 0 Å². The number of sulfonamides is 1. The summed E-state index contributed by atoms with van der Waals surface area (Å²) in [6.45, 7) is 1.87. The molecule has 0 radical (unpaired) electrons. The second kappa shape index (κ2) is 8.43. The van der Waals surface area contributed by atoms with Crippen LogP contribution in [0.4, 0.5) is 10.5 Å². The Morgan fingerprint density at radius 1 is 1.00 bits per heavy atom. The quantitative estimate of drug-likeness (QED) is 0.553. The van der Waals surface area contributed by atoms with Crippen LogP contribution in [0.25, 0.3) is 0 Å². The van der Waals surface area contributed by atoms with Crippen LogP contribution in [0.1, 0.15) is 16.5 Å². The molecule has 1 atom stereocenters. The first-order valence-electron chi connectivity index (χ1n) is 9.70. The van der Waals surface area contributed by atoms with E-state index in [9.17, 15) is 13.2 Å². The summed E-state index contributed by atoms with van der Waals surface area (Å²) in [4.78, 5) is 15.5. The standard InChI is InChI=1S/C20H23ClN4O4S/c21-16-5-7-17(8-6-16)23-11-13-24(14-12-23)30(28,29)19-18-4-2-1-3-15(18)9-10-25(19)20(26)22-27/h1-8,19,27H,9-14H2,(H,22,26). The molecule has 2 aromatic rings. The van der Waals surface area contributed by atoms with E-state index < -0.39 is 21.4 Å². The summed E-state index contributed by atoms with van der Waals surface area (Å²) < 4.78 is 28.7. The zero-order chi connectivity index (χ0) is 21.3. The second-order valence-electron chi connectivity index (χ2n) is 7.32. The fraction of sp³-hybridized carbons (Fsp3) is 0.350. The summed E-state index contributed by atoms with van der Waals surface area (Å²) in [6.07, 6.45) is 0.528. The zero-order valence-electron chi connectivity index (χ0n) is 16.2. The number of hydrogen-bond acceptors (Lipinski definition) is 5. The monoisotopic (exact) mass is 450 g/mol. The van der Waals surface area contributed by atoms with Gasteiger partial charge in [-0.05, 0) is 41.8 Å². The number of hydrogen-bond donors (Lipinski definition) is 2. The maximum absolute atomic E-state index is 13.6. The molecule has 8 nitrogen and oxygen atoms in total. The van der Waals surface area contributed by atoms with Crippen molar-refractivity contribution in [1.29, 1.82) is 0 Å². The van der Waals surface area contributed by atoms with Gasteiger partial charge in [0.25, 0.3) is 0 Å². The number of rotatable bonds is 3. The second-order valence-corrected chi connectivity index (χ2v) is 9.75. The van der Waals surface area contributed by atoms with Gasteiger partial charge in [-0.25, -0.2) is 18.7 Å². The van der Waals surface area contributed by atoms with Gasteiger partial charge in [0.2, 0.25) is 10.0 Å². The number of nitrogens with zero attached hydrogens (tertiary/aromatic N) is 3. The van der Waals surface area contributed by atoms with Crippen molar-refractivity contribution < 1.29 is 18.4 Å². The van der Waals surface area contributed by atoms with Gasteiger partial charge in [0, 0.05) is 43.4 Å². The van der Waals surface area contributed by atoms with Gasteiger partial charge in [0.15, 0.2) is 5.37 Å².